The Morgan fingerprint density at radius 1 is 1.59 bits per heavy atom. The van der Waals surface area contributed by atoms with E-state index in [2.05, 4.69) is 15.9 Å². The van der Waals surface area contributed by atoms with Gasteiger partial charge < -0.3 is 4.74 Å². The minimum Gasteiger partial charge on any atom is -0.466 e. The van der Waals surface area contributed by atoms with Gasteiger partial charge in [-0.05, 0) is 30.2 Å². The van der Waals surface area contributed by atoms with Gasteiger partial charge in [0.2, 0.25) is 0 Å². The summed E-state index contributed by atoms with van der Waals surface area (Å²) in [7, 11) is 0. The maximum atomic E-state index is 13.2. The van der Waals surface area contributed by atoms with Crippen LogP contribution in [0.5, 0.6) is 0 Å². The molecule has 0 saturated carbocycles. The standard InChI is InChI=1S/C12H11BrFNO2/c1-2-17-12(16)5-11-8(6-13)3-10(14)4-9(11)7-15/h3-4H,2,5-6H2,1H3. The SMILES string of the molecule is CCOC(=O)Cc1c(C#N)cc(F)cc1CBr. The number of alkyl halides is 1. The predicted octanol–water partition coefficient (Wildman–Crippen LogP) is 2.70. The van der Waals surface area contributed by atoms with Gasteiger partial charge >= 0.3 is 5.97 Å². The molecule has 1 aromatic rings. The maximum Gasteiger partial charge on any atom is 0.310 e. The van der Waals surface area contributed by atoms with Crippen LogP contribution in [0.25, 0.3) is 0 Å². The van der Waals surface area contributed by atoms with Crippen molar-refractivity contribution in [3.63, 3.8) is 0 Å². The van der Waals surface area contributed by atoms with Gasteiger partial charge in [-0.25, -0.2) is 4.39 Å². The van der Waals surface area contributed by atoms with E-state index in [1.54, 1.807) is 6.92 Å². The van der Waals surface area contributed by atoms with Crippen LogP contribution in [0.3, 0.4) is 0 Å². The molecule has 0 aliphatic rings. The first kappa shape index (κ1) is 13.7. The molecule has 0 N–H and O–H groups in total. The van der Waals surface area contributed by atoms with Crippen molar-refractivity contribution < 1.29 is 13.9 Å². The molecule has 0 saturated heterocycles. The van der Waals surface area contributed by atoms with E-state index < -0.39 is 11.8 Å². The van der Waals surface area contributed by atoms with Gasteiger partial charge in [0.1, 0.15) is 5.82 Å². The third-order valence-electron chi connectivity index (χ3n) is 2.20. The van der Waals surface area contributed by atoms with Crippen LogP contribution < -0.4 is 0 Å². The number of rotatable bonds is 4. The lowest BCUT2D eigenvalue weighted by Gasteiger charge is -2.09. The van der Waals surface area contributed by atoms with Gasteiger partial charge in [0, 0.05) is 5.33 Å². The molecule has 0 bridgehead atoms. The first-order valence-electron chi connectivity index (χ1n) is 5.05. The predicted molar refractivity (Wildman–Crippen MR) is 64.1 cm³/mol. The number of nitriles is 1. The first-order valence-corrected chi connectivity index (χ1v) is 6.17. The third kappa shape index (κ3) is 3.53. The zero-order valence-corrected chi connectivity index (χ0v) is 10.9. The lowest BCUT2D eigenvalue weighted by Crippen LogP contribution is -2.11. The normalized spacial score (nSPS) is 9.76. The minimum atomic E-state index is -0.483. The fraction of sp³-hybridized carbons (Fsp3) is 0.333. The van der Waals surface area contributed by atoms with E-state index in [0.717, 1.165) is 6.07 Å². The Morgan fingerprint density at radius 2 is 2.29 bits per heavy atom. The highest BCUT2D eigenvalue weighted by Crippen LogP contribution is 2.20. The van der Waals surface area contributed by atoms with E-state index >= 15 is 0 Å². The van der Waals surface area contributed by atoms with Gasteiger partial charge in [0.25, 0.3) is 0 Å². The molecule has 90 valence electrons. The summed E-state index contributed by atoms with van der Waals surface area (Å²) in [5.74, 6) is -0.901. The highest BCUT2D eigenvalue weighted by atomic mass is 79.9. The average Bonchev–Trinajstić information content (AvgIpc) is 2.31. The molecule has 0 radical (unpaired) electrons. The number of benzene rings is 1. The Labute approximate surface area is 107 Å². The summed E-state index contributed by atoms with van der Waals surface area (Å²) in [6.45, 7) is 1.99. The molecule has 5 heteroatoms. The zero-order chi connectivity index (χ0) is 12.8. The van der Waals surface area contributed by atoms with Gasteiger partial charge in [-0.15, -0.1) is 0 Å². The first-order chi connectivity index (χ1) is 8.12. The van der Waals surface area contributed by atoms with Gasteiger partial charge in [-0.2, -0.15) is 5.26 Å². The molecule has 0 aliphatic carbocycles. The van der Waals surface area contributed by atoms with Gasteiger partial charge in [-0.1, -0.05) is 15.9 Å². The number of nitrogens with zero attached hydrogens (tertiary/aromatic N) is 1. The van der Waals surface area contributed by atoms with Crippen molar-refractivity contribution in [3.05, 3.63) is 34.6 Å². The summed E-state index contributed by atoms with van der Waals surface area (Å²) in [5, 5.41) is 9.30. The summed E-state index contributed by atoms with van der Waals surface area (Å²) in [5.41, 5.74) is 1.28. The van der Waals surface area contributed by atoms with E-state index in [4.69, 9.17) is 10.00 Å². The third-order valence-corrected chi connectivity index (χ3v) is 2.80. The number of hydrogen-bond acceptors (Lipinski definition) is 3. The van der Waals surface area contributed by atoms with Gasteiger partial charge in [0.05, 0.1) is 24.7 Å². The molecule has 0 amide bonds. The molecule has 0 heterocycles. The quantitative estimate of drug-likeness (QED) is 0.634. The molecule has 3 nitrogen and oxygen atoms in total. The van der Waals surface area contributed by atoms with Crippen LogP contribution in [0.15, 0.2) is 12.1 Å². The summed E-state index contributed by atoms with van der Waals surface area (Å²) in [4.78, 5) is 11.4. The van der Waals surface area contributed by atoms with Crippen LogP contribution in [0.1, 0.15) is 23.6 Å². The number of ether oxygens (including phenoxy) is 1. The van der Waals surface area contributed by atoms with E-state index in [1.165, 1.54) is 6.07 Å². The largest absolute Gasteiger partial charge is 0.466 e. The van der Waals surface area contributed by atoms with Crippen LogP contribution in [-0.2, 0) is 21.3 Å². The highest BCUT2D eigenvalue weighted by molar-refractivity contribution is 9.08. The number of halogens is 2. The smallest absolute Gasteiger partial charge is 0.310 e. The van der Waals surface area contributed by atoms with E-state index in [1.807, 2.05) is 6.07 Å². The Morgan fingerprint density at radius 3 is 2.82 bits per heavy atom. The average molecular weight is 300 g/mol. The molecule has 0 unspecified atom stereocenters. The topological polar surface area (TPSA) is 50.1 Å². The second-order valence-electron chi connectivity index (χ2n) is 3.32. The van der Waals surface area contributed by atoms with Crippen molar-refractivity contribution >= 4 is 21.9 Å². The van der Waals surface area contributed by atoms with Crippen molar-refractivity contribution in [2.45, 2.75) is 18.7 Å². The number of hydrogen-bond donors (Lipinski definition) is 0. The molecule has 0 spiro atoms. The zero-order valence-electron chi connectivity index (χ0n) is 9.30. The van der Waals surface area contributed by atoms with Crippen molar-refractivity contribution in [2.75, 3.05) is 6.61 Å². The molecule has 1 rings (SSSR count). The molecule has 0 atom stereocenters. The maximum absolute atomic E-state index is 13.2. The fourth-order valence-electron chi connectivity index (χ4n) is 1.48. The lowest BCUT2D eigenvalue weighted by molar-refractivity contribution is -0.142. The number of esters is 1. The molecular formula is C12H11BrFNO2. The molecule has 0 fully saturated rings. The van der Waals surface area contributed by atoms with Gasteiger partial charge in [0.15, 0.2) is 0 Å². The van der Waals surface area contributed by atoms with Crippen molar-refractivity contribution in [2.24, 2.45) is 0 Å². The minimum absolute atomic E-state index is 0.0159. The van der Waals surface area contributed by atoms with Crippen molar-refractivity contribution in [1.82, 2.24) is 0 Å². The van der Waals surface area contributed by atoms with Gasteiger partial charge in [-0.3, -0.25) is 4.79 Å². The molecule has 0 aliphatic heterocycles. The van der Waals surface area contributed by atoms with E-state index in [9.17, 15) is 9.18 Å². The van der Waals surface area contributed by atoms with E-state index in [0.29, 0.717) is 16.5 Å². The van der Waals surface area contributed by atoms with Crippen LogP contribution in [0.2, 0.25) is 0 Å². The van der Waals surface area contributed by atoms with Crippen molar-refractivity contribution in [3.8, 4) is 6.07 Å². The van der Waals surface area contributed by atoms with E-state index in [-0.39, 0.29) is 18.6 Å². The second kappa shape index (κ2) is 6.36. The Balaban J connectivity index is 3.12. The molecule has 17 heavy (non-hydrogen) atoms. The van der Waals surface area contributed by atoms with Crippen LogP contribution in [-0.4, -0.2) is 12.6 Å². The Hall–Kier alpha value is -1.41. The van der Waals surface area contributed by atoms with Crippen molar-refractivity contribution in [1.29, 1.82) is 5.26 Å². The lowest BCUT2D eigenvalue weighted by atomic mass is 9.99. The summed E-state index contributed by atoms with van der Waals surface area (Å²) < 4.78 is 18.0. The second-order valence-corrected chi connectivity index (χ2v) is 3.88. The molecule has 1 aromatic carbocycles. The van der Waals surface area contributed by atoms with Crippen LogP contribution >= 0.6 is 15.9 Å². The summed E-state index contributed by atoms with van der Waals surface area (Å²) >= 11 is 3.21. The number of carbonyl (C=O) groups is 1. The Bertz CT molecular complexity index is 468. The Kier molecular flexibility index (Phi) is 5.11. The monoisotopic (exact) mass is 299 g/mol. The summed E-state index contributed by atoms with van der Waals surface area (Å²) in [6, 6.07) is 4.33. The fourth-order valence-corrected chi connectivity index (χ4v) is 1.98. The number of carbonyl (C=O) groups excluding carboxylic acids is 1. The highest BCUT2D eigenvalue weighted by Gasteiger charge is 2.14. The van der Waals surface area contributed by atoms with Crippen LogP contribution in [0, 0.1) is 17.1 Å². The van der Waals surface area contributed by atoms with Crippen LogP contribution in [0.4, 0.5) is 4.39 Å². The molecular weight excluding hydrogens is 289 g/mol. The summed E-state index contributed by atoms with van der Waals surface area (Å²) in [6.07, 6.45) is -0.0159. The molecule has 0 aromatic heterocycles.